The van der Waals surface area contributed by atoms with Crippen molar-refractivity contribution in [3.63, 3.8) is 0 Å². The van der Waals surface area contributed by atoms with Crippen molar-refractivity contribution < 1.29 is 19.2 Å². The first kappa shape index (κ1) is 29.3. The van der Waals surface area contributed by atoms with Gasteiger partial charge in [0.05, 0.1) is 11.0 Å². The van der Waals surface area contributed by atoms with Gasteiger partial charge in [0.2, 0.25) is 11.8 Å². The van der Waals surface area contributed by atoms with Gasteiger partial charge in [-0.05, 0) is 91.9 Å². The molecule has 0 radical (unpaired) electrons. The standard InChI is InChI=1S/C35H47N3O4/c1-30(2)12-14-35(29(42)38-37-28(41)20-8-9-20)15-13-34(7)26(22(35)18-30)23(39)16-25-32(5)17-21(19-36)27(40)31(3,4)24(32)10-11-33(25,34)6/h16-17,20,22,24,26H,8-15,18H2,1-7H3,(H,37,41)(H,38,42)/t22?,24-,26?,32-,33+,34+,35-/m0/s1. The van der Waals surface area contributed by atoms with Crippen molar-refractivity contribution in [3.05, 3.63) is 23.3 Å². The highest BCUT2D eigenvalue weighted by atomic mass is 16.2. The second-order valence-electron chi connectivity index (χ2n) is 16.6. The quantitative estimate of drug-likeness (QED) is 0.407. The molecule has 4 saturated carbocycles. The van der Waals surface area contributed by atoms with Gasteiger partial charge in [0.1, 0.15) is 6.07 Å². The Bertz CT molecular complexity index is 1390. The van der Waals surface area contributed by atoms with Gasteiger partial charge >= 0.3 is 0 Å². The lowest BCUT2D eigenvalue weighted by Crippen LogP contribution is -2.67. The monoisotopic (exact) mass is 573 g/mol. The number of hydrazine groups is 1. The molecule has 0 aromatic heterocycles. The molecule has 0 aromatic rings. The number of ketones is 2. The molecule has 7 atom stereocenters. The van der Waals surface area contributed by atoms with E-state index in [1.54, 1.807) is 0 Å². The number of nitriles is 1. The lowest BCUT2D eigenvalue weighted by molar-refractivity contribution is -0.179. The lowest BCUT2D eigenvalue weighted by Gasteiger charge is -2.69. The number of carbonyl (C=O) groups excluding carboxylic acids is 4. The van der Waals surface area contributed by atoms with Gasteiger partial charge < -0.3 is 0 Å². The van der Waals surface area contributed by atoms with Gasteiger partial charge in [0.15, 0.2) is 11.6 Å². The Morgan fingerprint density at radius 2 is 1.57 bits per heavy atom. The van der Waals surface area contributed by atoms with Gasteiger partial charge in [0, 0.05) is 22.7 Å². The summed E-state index contributed by atoms with van der Waals surface area (Å²) >= 11 is 0. The minimum absolute atomic E-state index is 0.000901. The first-order valence-corrected chi connectivity index (χ1v) is 16.0. The minimum atomic E-state index is -0.706. The van der Waals surface area contributed by atoms with Crippen LogP contribution in [0.15, 0.2) is 23.3 Å². The molecule has 7 nitrogen and oxygen atoms in total. The molecule has 0 aromatic carbocycles. The summed E-state index contributed by atoms with van der Waals surface area (Å²) in [7, 11) is 0. The lowest BCUT2D eigenvalue weighted by atomic mass is 9.34. The number of fused-ring (bicyclic) bond motifs is 7. The third kappa shape index (κ3) is 3.75. The van der Waals surface area contributed by atoms with Crippen LogP contribution in [0.3, 0.4) is 0 Å². The highest BCUT2D eigenvalue weighted by molar-refractivity contribution is 6.04. The van der Waals surface area contributed by atoms with Crippen LogP contribution < -0.4 is 10.9 Å². The molecule has 0 aliphatic heterocycles. The smallest absolute Gasteiger partial charge is 0.244 e. The predicted octanol–water partition coefficient (Wildman–Crippen LogP) is 5.76. The zero-order valence-electron chi connectivity index (χ0n) is 26.4. The zero-order chi connectivity index (χ0) is 30.7. The summed E-state index contributed by atoms with van der Waals surface area (Å²) in [6.45, 7) is 15.1. The zero-order valence-corrected chi connectivity index (χ0v) is 26.4. The number of amides is 2. The van der Waals surface area contributed by atoms with Crippen LogP contribution in [0.25, 0.3) is 0 Å². The molecule has 0 saturated heterocycles. The SMILES string of the molecule is CC1(C)CC[C@]2(C(=O)NNC(=O)C3CC3)CC[C@]3(C)C(C(=O)C=C4[C@@]5(C)C=C(C#N)C(=O)C(C)(C)[C@@H]5CC[C@]43C)C2C1. The first-order chi connectivity index (χ1) is 19.5. The molecule has 6 aliphatic carbocycles. The van der Waals surface area contributed by atoms with Crippen LogP contribution in [0.5, 0.6) is 0 Å². The first-order valence-electron chi connectivity index (χ1n) is 16.0. The number of nitrogens with one attached hydrogen (secondary N) is 2. The second kappa shape index (κ2) is 8.89. The third-order valence-corrected chi connectivity index (χ3v) is 13.6. The molecule has 2 amide bonds. The van der Waals surface area contributed by atoms with Gasteiger partial charge in [0.25, 0.3) is 0 Å². The number of carbonyl (C=O) groups is 4. The van der Waals surface area contributed by atoms with Crippen LogP contribution in [0.1, 0.15) is 106 Å². The molecule has 4 fully saturated rings. The van der Waals surface area contributed by atoms with Gasteiger partial charge in [-0.25, -0.2) is 0 Å². The van der Waals surface area contributed by atoms with E-state index >= 15 is 0 Å². The molecule has 6 rings (SSSR count). The van der Waals surface area contributed by atoms with E-state index in [9.17, 15) is 24.4 Å². The van der Waals surface area contributed by atoms with Gasteiger partial charge in [-0.2, -0.15) is 5.26 Å². The summed E-state index contributed by atoms with van der Waals surface area (Å²) in [4.78, 5) is 54.3. The van der Waals surface area contributed by atoms with Crippen LogP contribution in [0.2, 0.25) is 0 Å². The van der Waals surface area contributed by atoms with Crippen molar-refractivity contribution in [2.75, 3.05) is 0 Å². The van der Waals surface area contributed by atoms with E-state index < -0.39 is 16.2 Å². The summed E-state index contributed by atoms with van der Waals surface area (Å²) in [6.07, 6.45) is 11.0. The second-order valence-corrected chi connectivity index (χ2v) is 16.6. The van der Waals surface area contributed by atoms with E-state index in [0.29, 0.717) is 12.8 Å². The van der Waals surface area contributed by atoms with Crippen molar-refractivity contribution >= 4 is 23.4 Å². The van der Waals surface area contributed by atoms with Crippen molar-refractivity contribution in [1.29, 1.82) is 5.26 Å². The highest BCUT2D eigenvalue weighted by Gasteiger charge is 2.70. The molecule has 0 spiro atoms. The Morgan fingerprint density at radius 3 is 2.21 bits per heavy atom. The van der Waals surface area contributed by atoms with E-state index in [1.807, 2.05) is 26.0 Å². The summed E-state index contributed by atoms with van der Waals surface area (Å²) in [6, 6.07) is 2.17. The van der Waals surface area contributed by atoms with Crippen molar-refractivity contribution in [2.45, 2.75) is 106 Å². The van der Waals surface area contributed by atoms with E-state index in [0.717, 1.165) is 50.5 Å². The highest BCUT2D eigenvalue weighted by Crippen LogP contribution is 2.74. The van der Waals surface area contributed by atoms with Crippen molar-refractivity contribution in [3.8, 4) is 6.07 Å². The number of hydrogen-bond acceptors (Lipinski definition) is 5. The summed E-state index contributed by atoms with van der Waals surface area (Å²) in [5.41, 5.74) is 4.08. The maximum atomic E-state index is 14.6. The summed E-state index contributed by atoms with van der Waals surface area (Å²) in [5.74, 6) is -0.748. The van der Waals surface area contributed by atoms with E-state index in [2.05, 4.69) is 51.5 Å². The Labute approximate surface area is 250 Å². The molecule has 0 bridgehead atoms. The molecule has 226 valence electrons. The number of hydrogen-bond donors (Lipinski definition) is 2. The van der Waals surface area contributed by atoms with Crippen LogP contribution in [-0.2, 0) is 19.2 Å². The van der Waals surface area contributed by atoms with E-state index in [1.165, 1.54) is 0 Å². The minimum Gasteiger partial charge on any atom is -0.295 e. The summed E-state index contributed by atoms with van der Waals surface area (Å²) in [5, 5.41) is 9.93. The fourth-order valence-electron chi connectivity index (χ4n) is 10.7. The van der Waals surface area contributed by atoms with Crippen LogP contribution in [0.4, 0.5) is 0 Å². The van der Waals surface area contributed by atoms with Gasteiger partial charge in [-0.15, -0.1) is 0 Å². The Hall–Kier alpha value is -2.75. The fourth-order valence-corrected chi connectivity index (χ4v) is 10.7. The predicted molar refractivity (Wildman–Crippen MR) is 158 cm³/mol. The fraction of sp³-hybridized carbons (Fsp3) is 0.743. The Kier molecular flexibility index (Phi) is 6.21. The number of nitrogens with zero attached hydrogens (tertiary/aromatic N) is 1. The maximum absolute atomic E-state index is 14.6. The average Bonchev–Trinajstić information content (AvgIpc) is 3.76. The number of allylic oxidation sites excluding steroid dienone is 4. The van der Waals surface area contributed by atoms with E-state index in [4.69, 9.17) is 0 Å². The molecule has 0 heterocycles. The van der Waals surface area contributed by atoms with Crippen LogP contribution in [0, 0.1) is 67.5 Å². The maximum Gasteiger partial charge on any atom is 0.244 e. The molecule has 42 heavy (non-hydrogen) atoms. The van der Waals surface area contributed by atoms with E-state index in [-0.39, 0.29) is 68.9 Å². The molecule has 6 aliphatic rings. The van der Waals surface area contributed by atoms with Crippen LogP contribution >= 0.6 is 0 Å². The summed E-state index contributed by atoms with van der Waals surface area (Å²) < 4.78 is 0. The van der Waals surface area contributed by atoms with Crippen LogP contribution in [-0.4, -0.2) is 23.4 Å². The Balaban J connectivity index is 1.44. The Morgan fingerprint density at radius 1 is 0.905 bits per heavy atom. The molecule has 7 heteroatoms. The largest absolute Gasteiger partial charge is 0.295 e. The number of rotatable bonds is 2. The third-order valence-electron chi connectivity index (χ3n) is 13.6. The topological polar surface area (TPSA) is 116 Å². The van der Waals surface area contributed by atoms with Crippen molar-refractivity contribution in [1.82, 2.24) is 10.9 Å². The van der Waals surface area contributed by atoms with Gasteiger partial charge in [-0.1, -0.05) is 60.1 Å². The molecular formula is C35H47N3O4. The number of Topliss-reactive ketones (excluding diaryl/α,β-unsaturated/α-hetero) is 1. The van der Waals surface area contributed by atoms with Gasteiger partial charge in [-0.3, -0.25) is 30.0 Å². The normalized spacial score (nSPS) is 43.2. The molecular weight excluding hydrogens is 526 g/mol. The molecule has 2 unspecified atom stereocenters. The average molecular weight is 574 g/mol. The van der Waals surface area contributed by atoms with Crippen molar-refractivity contribution in [2.24, 2.45) is 56.2 Å². The molecule has 2 N–H and O–H groups in total.